The summed E-state index contributed by atoms with van der Waals surface area (Å²) in [6.45, 7) is 6.83. The van der Waals surface area contributed by atoms with Gasteiger partial charge in [0.05, 0.1) is 0 Å². The molecule has 0 saturated carbocycles. The molecule has 0 saturated heterocycles. The molecule has 9 heavy (non-hydrogen) atoms. The van der Waals surface area contributed by atoms with Gasteiger partial charge in [-0.2, -0.15) is 0 Å². The summed E-state index contributed by atoms with van der Waals surface area (Å²) >= 11 is 0. The van der Waals surface area contributed by atoms with Gasteiger partial charge in [0.1, 0.15) is 0 Å². The van der Waals surface area contributed by atoms with Gasteiger partial charge in [-0.05, 0) is 18.0 Å². The highest BCUT2D eigenvalue weighted by Crippen LogP contribution is 2.12. The van der Waals surface area contributed by atoms with Crippen LogP contribution in [0.15, 0.2) is 0 Å². The van der Waals surface area contributed by atoms with Gasteiger partial charge < -0.3 is 0 Å². The summed E-state index contributed by atoms with van der Waals surface area (Å²) in [6.07, 6.45) is 4.14. The van der Waals surface area contributed by atoms with E-state index in [2.05, 4.69) is 30.0 Å². The molecule has 0 aliphatic carbocycles. The summed E-state index contributed by atoms with van der Waals surface area (Å²) < 4.78 is 0. The lowest BCUT2D eigenvalue weighted by molar-refractivity contribution is 0.537. The Morgan fingerprint density at radius 1 is 1.11 bits per heavy atom. The van der Waals surface area contributed by atoms with Crippen LogP contribution in [-0.4, -0.2) is 5.66 Å². The fraction of sp³-hybridized carbons (Fsp3) is 1.00. The summed E-state index contributed by atoms with van der Waals surface area (Å²) in [6, 6.07) is 0. The SMILES string of the molecule is CC(C)CCCC(C)P. The van der Waals surface area contributed by atoms with E-state index >= 15 is 0 Å². The largest absolute Gasteiger partial charge is 0.135 e. The van der Waals surface area contributed by atoms with Crippen molar-refractivity contribution in [3.05, 3.63) is 0 Å². The Kier molecular flexibility index (Phi) is 5.48. The maximum atomic E-state index is 2.84. The Balaban J connectivity index is 2.91. The molecule has 0 aromatic rings. The molecule has 56 valence electrons. The van der Waals surface area contributed by atoms with Crippen molar-refractivity contribution in [1.29, 1.82) is 0 Å². The summed E-state index contributed by atoms with van der Waals surface area (Å²) in [5.74, 6) is 0.883. The third kappa shape index (κ3) is 8.43. The van der Waals surface area contributed by atoms with E-state index in [0.29, 0.717) is 0 Å². The van der Waals surface area contributed by atoms with E-state index in [4.69, 9.17) is 0 Å². The van der Waals surface area contributed by atoms with Gasteiger partial charge in [-0.1, -0.05) is 33.6 Å². The van der Waals surface area contributed by atoms with Gasteiger partial charge in [0.2, 0.25) is 0 Å². The van der Waals surface area contributed by atoms with Crippen molar-refractivity contribution in [2.75, 3.05) is 0 Å². The monoisotopic (exact) mass is 146 g/mol. The molecule has 2 unspecified atom stereocenters. The number of hydrogen-bond acceptors (Lipinski definition) is 0. The topological polar surface area (TPSA) is 0 Å². The van der Waals surface area contributed by atoms with Crippen molar-refractivity contribution in [2.24, 2.45) is 5.92 Å². The van der Waals surface area contributed by atoms with Crippen LogP contribution in [0.25, 0.3) is 0 Å². The minimum atomic E-state index is 0.809. The number of rotatable bonds is 4. The maximum Gasteiger partial charge on any atom is -0.0293 e. The summed E-state index contributed by atoms with van der Waals surface area (Å²) in [5, 5.41) is 0. The normalized spacial score (nSPS) is 14.3. The fourth-order valence-electron chi connectivity index (χ4n) is 0.848. The third-order valence-electron chi connectivity index (χ3n) is 1.44. The lowest BCUT2D eigenvalue weighted by atomic mass is 10.1. The zero-order valence-electron chi connectivity index (χ0n) is 6.85. The summed E-state index contributed by atoms with van der Waals surface area (Å²) in [4.78, 5) is 0. The Morgan fingerprint density at radius 2 is 1.67 bits per heavy atom. The molecule has 0 heterocycles. The molecule has 0 N–H and O–H groups in total. The summed E-state index contributed by atoms with van der Waals surface area (Å²) in [7, 11) is 2.84. The van der Waals surface area contributed by atoms with Crippen molar-refractivity contribution < 1.29 is 0 Å². The molecule has 0 rings (SSSR count). The second-order valence-corrected chi connectivity index (χ2v) is 4.44. The minimum absolute atomic E-state index is 0.809. The Hall–Kier alpha value is 0.430. The van der Waals surface area contributed by atoms with Crippen LogP contribution in [0.1, 0.15) is 40.0 Å². The molecule has 0 aromatic carbocycles. The van der Waals surface area contributed by atoms with Gasteiger partial charge in [-0.15, -0.1) is 9.24 Å². The molecule has 0 bridgehead atoms. The van der Waals surface area contributed by atoms with Crippen molar-refractivity contribution in [1.82, 2.24) is 0 Å². The first-order valence-corrected chi connectivity index (χ1v) is 4.55. The predicted octanol–water partition coefficient (Wildman–Crippen LogP) is 3.08. The second-order valence-electron chi connectivity index (χ2n) is 3.30. The standard InChI is InChI=1S/C8H19P/c1-7(2)5-4-6-8(3)9/h7-8H,4-6,9H2,1-3H3. The molecule has 0 spiro atoms. The average Bonchev–Trinajstić information content (AvgIpc) is 1.63. The van der Waals surface area contributed by atoms with Crippen LogP contribution in [-0.2, 0) is 0 Å². The van der Waals surface area contributed by atoms with Crippen LogP contribution >= 0.6 is 9.24 Å². The van der Waals surface area contributed by atoms with E-state index in [-0.39, 0.29) is 0 Å². The fourth-order valence-corrected chi connectivity index (χ4v) is 1.08. The zero-order chi connectivity index (χ0) is 7.28. The van der Waals surface area contributed by atoms with Crippen molar-refractivity contribution in [3.63, 3.8) is 0 Å². The molecule has 0 amide bonds. The van der Waals surface area contributed by atoms with E-state index < -0.39 is 0 Å². The van der Waals surface area contributed by atoms with Crippen LogP contribution in [0.5, 0.6) is 0 Å². The minimum Gasteiger partial charge on any atom is -0.135 e. The first-order valence-electron chi connectivity index (χ1n) is 3.88. The first-order chi connectivity index (χ1) is 4.13. The molecule has 0 nitrogen and oxygen atoms in total. The van der Waals surface area contributed by atoms with Crippen molar-refractivity contribution in [3.8, 4) is 0 Å². The van der Waals surface area contributed by atoms with E-state index in [0.717, 1.165) is 11.6 Å². The highest BCUT2D eigenvalue weighted by atomic mass is 31.0. The van der Waals surface area contributed by atoms with Crippen LogP contribution in [0.4, 0.5) is 0 Å². The maximum absolute atomic E-state index is 2.84. The second kappa shape index (κ2) is 5.23. The van der Waals surface area contributed by atoms with Crippen molar-refractivity contribution >= 4 is 9.24 Å². The van der Waals surface area contributed by atoms with Crippen molar-refractivity contribution in [2.45, 2.75) is 45.7 Å². The van der Waals surface area contributed by atoms with Gasteiger partial charge in [-0.3, -0.25) is 0 Å². The van der Waals surface area contributed by atoms with E-state index in [1.807, 2.05) is 0 Å². The quantitative estimate of drug-likeness (QED) is 0.535. The Bertz CT molecular complexity index is 49.6. The molecule has 0 aromatic heterocycles. The van der Waals surface area contributed by atoms with Gasteiger partial charge in [-0.25, -0.2) is 0 Å². The van der Waals surface area contributed by atoms with Crippen LogP contribution in [0.2, 0.25) is 0 Å². The van der Waals surface area contributed by atoms with Gasteiger partial charge in [0.15, 0.2) is 0 Å². The predicted molar refractivity (Wildman–Crippen MR) is 47.9 cm³/mol. The highest BCUT2D eigenvalue weighted by Gasteiger charge is 1.95. The first kappa shape index (κ1) is 9.43. The zero-order valence-corrected chi connectivity index (χ0v) is 8.01. The van der Waals surface area contributed by atoms with E-state index in [1.54, 1.807) is 0 Å². The van der Waals surface area contributed by atoms with E-state index in [1.165, 1.54) is 19.3 Å². The molecule has 0 aliphatic rings. The lowest BCUT2D eigenvalue weighted by Crippen LogP contribution is -1.92. The summed E-state index contributed by atoms with van der Waals surface area (Å²) in [5.41, 5.74) is 0.809. The molecule has 0 fully saturated rings. The van der Waals surface area contributed by atoms with Gasteiger partial charge in [0.25, 0.3) is 0 Å². The lowest BCUT2D eigenvalue weighted by Gasteiger charge is -2.05. The highest BCUT2D eigenvalue weighted by molar-refractivity contribution is 7.17. The average molecular weight is 146 g/mol. The van der Waals surface area contributed by atoms with Crippen LogP contribution in [0, 0.1) is 5.92 Å². The molecular weight excluding hydrogens is 127 g/mol. The number of hydrogen-bond donors (Lipinski definition) is 0. The molecule has 0 radical (unpaired) electrons. The van der Waals surface area contributed by atoms with E-state index in [9.17, 15) is 0 Å². The van der Waals surface area contributed by atoms with Gasteiger partial charge in [0, 0.05) is 0 Å². The van der Waals surface area contributed by atoms with Gasteiger partial charge >= 0.3 is 0 Å². The molecule has 1 heteroatoms. The Labute approximate surface area is 61.6 Å². The smallest absolute Gasteiger partial charge is 0.0293 e. The molecule has 0 aliphatic heterocycles. The van der Waals surface area contributed by atoms with Crippen LogP contribution in [0.3, 0.4) is 0 Å². The molecular formula is C8H19P. The third-order valence-corrected chi connectivity index (χ3v) is 1.77. The van der Waals surface area contributed by atoms with Crippen LogP contribution < -0.4 is 0 Å². The Morgan fingerprint density at radius 3 is 2.00 bits per heavy atom. The molecule has 2 atom stereocenters.